The number of allylic oxidation sites excluding steroid dienone is 4. The van der Waals surface area contributed by atoms with Crippen molar-refractivity contribution in [2.24, 2.45) is 29.1 Å². The fourth-order valence-electron chi connectivity index (χ4n) is 7.93. The molecule has 4 saturated carbocycles. The molecule has 4 rings (SSSR count). The fraction of sp³-hybridized carbons (Fsp3) is 0.795. The highest BCUT2D eigenvalue weighted by molar-refractivity contribution is 6.74. The van der Waals surface area contributed by atoms with Crippen molar-refractivity contribution in [3.8, 4) is 0 Å². The summed E-state index contributed by atoms with van der Waals surface area (Å²) in [5, 5.41) is 10.8. The minimum absolute atomic E-state index is 0.0233. The van der Waals surface area contributed by atoms with E-state index in [0.29, 0.717) is 29.1 Å². The zero-order chi connectivity index (χ0) is 32.9. The molecule has 7 atom stereocenters. The number of hydrogen-bond acceptors (Lipinski definition) is 3. The number of aliphatic hydroxyl groups excluding tert-OH is 1. The van der Waals surface area contributed by atoms with E-state index in [1.807, 2.05) is 0 Å². The molecule has 250 valence electrons. The van der Waals surface area contributed by atoms with Crippen LogP contribution >= 0.6 is 0 Å². The Hall–Kier alpha value is -0.726. The highest BCUT2D eigenvalue weighted by atomic mass is 28.4. The summed E-state index contributed by atoms with van der Waals surface area (Å²) in [4.78, 5) is 0. The van der Waals surface area contributed by atoms with Crippen LogP contribution in [0, 0.1) is 29.1 Å². The molecular formula is C39H68O3Si2. The zero-order valence-corrected chi connectivity index (χ0v) is 32.7. The van der Waals surface area contributed by atoms with E-state index in [1.54, 1.807) is 5.57 Å². The first-order valence-electron chi connectivity index (χ1n) is 18.0. The van der Waals surface area contributed by atoms with E-state index in [1.165, 1.54) is 56.1 Å². The van der Waals surface area contributed by atoms with Gasteiger partial charge in [0.25, 0.3) is 0 Å². The van der Waals surface area contributed by atoms with Gasteiger partial charge in [0.1, 0.15) is 0 Å². The Labute approximate surface area is 274 Å². The molecule has 4 aliphatic carbocycles. The monoisotopic (exact) mass is 640 g/mol. The quantitative estimate of drug-likeness (QED) is 0.201. The lowest BCUT2D eigenvalue weighted by atomic mass is 9.61. The van der Waals surface area contributed by atoms with E-state index < -0.39 is 16.6 Å². The maximum atomic E-state index is 10.5. The van der Waals surface area contributed by atoms with E-state index in [0.717, 1.165) is 12.8 Å². The summed E-state index contributed by atoms with van der Waals surface area (Å²) in [6.45, 7) is 33.2. The SMILES string of the molecule is C=C1/C(=C\C=C2\CCC[C@]3(C)[C@@H]([C@H](C)/C=C/C(O)C4CC4)CC[C@@H]23)C[C@@H](O[Si](C)(C)C(C)(C)C)C[C@@H]1O[Si](C)(C)C(C)(C)C. The maximum absolute atomic E-state index is 10.5. The number of aliphatic hydroxyl groups is 1. The number of rotatable bonds is 9. The first-order valence-corrected chi connectivity index (χ1v) is 23.8. The van der Waals surface area contributed by atoms with Crippen LogP contribution < -0.4 is 0 Å². The first kappa shape index (κ1) is 36.1. The van der Waals surface area contributed by atoms with E-state index in [2.05, 4.69) is 112 Å². The number of fused-ring (bicyclic) bond motifs is 1. The average Bonchev–Trinajstić information content (AvgIpc) is 3.68. The summed E-state index contributed by atoms with van der Waals surface area (Å²) >= 11 is 0. The van der Waals surface area contributed by atoms with Gasteiger partial charge in [-0.25, -0.2) is 0 Å². The van der Waals surface area contributed by atoms with Crippen LogP contribution in [0.25, 0.3) is 0 Å². The van der Waals surface area contributed by atoms with E-state index in [4.69, 9.17) is 8.85 Å². The Morgan fingerprint density at radius 2 is 1.52 bits per heavy atom. The molecule has 0 aromatic carbocycles. The van der Waals surface area contributed by atoms with Crippen molar-refractivity contribution >= 4 is 16.6 Å². The van der Waals surface area contributed by atoms with Gasteiger partial charge in [-0.15, -0.1) is 0 Å². The molecule has 1 N–H and O–H groups in total. The molecule has 3 nitrogen and oxygen atoms in total. The Bertz CT molecular complexity index is 1130. The summed E-state index contributed by atoms with van der Waals surface area (Å²) in [7, 11) is -3.90. The van der Waals surface area contributed by atoms with Crippen molar-refractivity contribution in [3.05, 3.63) is 47.6 Å². The van der Waals surface area contributed by atoms with Gasteiger partial charge in [-0.2, -0.15) is 0 Å². The van der Waals surface area contributed by atoms with E-state index >= 15 is 0 Å². The lowest BCUT2D eigenvalue weighted by Gasteiger charge is -2.45. The Morgan fingerprint density at radius 1 is 0.909 bits per heavy atom. The Morgan fingerprint density at radius 3 is 2.11 bits per heavy atom. The standard InChI is InChI=1S/C39H68O3Si2/c1-27(16-23-35(40)30-18-19-30)33-21-22-34-29(15-14-24-39(33,34)9)17-20-31-25-32(41-43(10,11)37(3,4)5)26-36(28(31)2)42-44(12,13)38(6,7)8/h16-17,20,23,27,30,32-36,40H,2,14-15,18-19,21-22,24-26H2,1,3-13H3/b23-16+,29-17-,31-20-/t27-,32-,33-,34+,35?,36+,39-/m1/s1. The fourth-order valence-corrected chi connectivity index (χ4v) is 10.6. The minimum atomic E-state index is -1.98. The molecule has 0 aromatic heterocycles. The molecule has 0 saturated heterocycles. The molecular weight excluding hydrogens is 573 g/mol. The lowest BCUT2D eigenvalue weighted by molar-refractivity contribution is 0.0969. The lowest BCUT2D eigenvalue weighted by Crippen LogP contribution is -2.49. The molecule has 1 unspecified atom stereocenters. The maximum Gasteiger partial charge on any atom is 0.192 e. The molecule has 5 heteroatoms. The van der Waals surface area contributed by atoms with Crippen molar-refractivity contribution < 1.29 is 14.0 Å². The van der Waals surface area contributed by atoms with Gasteiger partial charge in [-0.05, 0) is 128 Å². The summed E-state index contributed by atoms with van der Waals surface area (Å²) in [6, 6.07) is 0. The summed E-state index contributed by atoms with van der Waals surface area (Å²) in [6.07, 6.45) is 19.9. The highest BCUT2D eigenvalue weighted by Gasteiger charge is 2.50. The van der Waals surface area contributed by atoms with Crippen LogP contribution in [0.3, 0.4) is 0 Å². The van der Waals surface area contributed by atoms with Gasteiger partial charge < -0.3 is 14.0 Å². The third kappa shape index (κ3) is 7.86. The molecule has 0 amide bonds. The summed E-state index contributed by atoms with van der Waals surface area (Å²) < 4.78 is 14.2. The van der Waals surface area contributed by atoms with Crippen LogP contribution in [-0.4, -0.2) is 40.1 Å². The van der Waals surface area contributed by atoms with Crippen molar-refractivity contribution in [1.29, 1.82) is 0 Å². The largest absolute Gasteiger partial charge is 0.413 e. The van der Waals surface area contributed by atoms with Crippen LogP contribution in [0.2, 0.25) is 36.3 Å². The Balaban J connectivity index is 1.57. The second-order valence-electron chi connectivity index (χ2n) is 18.4. The van der Waals surface area contributed by atoms with Crippen LogP contribution in [0.4, 0.5) is 0 Å². The summed E-state index contributed by atoms with van der Waals surface area (Å²) in [5.74, 6) is 2.35. The van der Waals surface area contributed by atoms with Crippen LogP contribution in [-0.2, 0) is 8.85 Å². The van der Waals surface area contributed by atoms with Gasteiger partial charge in [0.15, 0.2) is 16.6 Å². The number of hydrogen-bond donors (Lipinski definition) is 1. The van der Waals surface area contributed by atoms with Gasteiger partial charge in [0.05, 0.1) is 18.3 Å². The molecule has 0 heterocycles. The zero-order valence-electron chi connectivity index (χ0n) is 30.7. The molecule has 0 bridgehead atoms. The third-order valence-electron chi connectivity index (χ3n) is 13.1. The molecule has 44 heavy (non-hydrogen) atoms. The van der Waals surface area contributed by atoms with E-state index in [-0.39, 0.29) is 28.4 Å². The highest BCUT2D eigenvalue weighted by Crippen LogP contribution is 2.59. The molecule has 0 aromatic rings. The second kappa shape index (κ2) is 13.1. The third-order valence-corrected chi connectivity index (χ3v) is 22.1. The summed E-state index contributed by atoms with van der Waals surface area (Å²) in [5.41, 5.74) is 4.49. The Kier molecular flexibility index (Phi) is 10.7. The first-order chi connectivity index (χ1) is 20.2. The molecule has 0 radical (unpaired) electrons. The van der Waals surface area contributed by atoms with Crippen LogP contribution in [0.1, 0.15) is 113 Å². The second-order valence-corrected chi connectivity index (χ2v) is 27.9. The predicted molar refractivity (Wildman–Crippen MR) is 194 cm³/mol. The van der Waals surface area contributed by atoms with Gasteiger partial charge >= 0.3 is 0 Å². The van der Waals surface area contributed by atoms with Crippen LogP contribution in [0.5, 0.6) is 0 Å². The van der Waals surface area contributed by atoms with Crippen LogP contribution in [0.15, 0.2) is 47.6 Å². The smallest absolute Gasteiger partial charge is 0.192 e. The van der Waals surface area contributed by atoms with Crippen molar-refractivity contribution in [2.45, 2.75) is 168 Å². The van der Waals surface area contributed by atoms with Crippen molar-refractivity contribution in [3.63, 3.8) is 0 Å². The van der Waals surface area contributed by atoms with Gasteiger partial charge in [-0.1, -0.05) is 91.8 Å². The molecule has 4 fully saturated rings. The molecule has 0 aliphatic heterocycles. The average molecular weight is 641 g/mol. The van der Waals surface area contributed by atoms with Crippen molar-refractivity contribution in [2.75, 3.05) is 0 Å². The van der Waals surface area contributed by atoms with Gasteiger partial charge in [0, 0.05) is 6.42 Å². The molecule has 0 spiro atoms. The topological polar surface area (TPSA) is 38.7 Å². The molecule has 4 aliphatic rings. The predicted octanol–water partition coefficient (Wildman–Crippen LogP) is 11.1. The van der Waals surface area contributed by atoms with Gasteiger partial charge in [0.2, 0.25) is 0 Å². The van der Waals surface area contributed by atoms with Crippen molar-refractivity contribution in [1.82, 2.24) is 0 Å². The normalized spacial score (nSPS) is 34.2. The minimum Gasteiger partial charge on any atom is -0.413 e. The van der Waals surface area contributed by atoms with Gasteiger partial charge in [-0.3, -0.25) is 0 Å². The van der Waals surface area contributed by atoms with E-state index in [9.17, 15) is 5.11 Å².